The highest BCUT2D eigenvalue weighted by molar-refractivity contribution is 7.88. The maximum absolute atomic E-state index is 11.9. The molecule has 1 atom stereocenters. The minimum Gasteiger partial charge on any atom is -0.467 e. The van der Waals surface area contributed by atoms with E-state index in [2.05, 4.69) is 10.1 Å². The largest absolute Gasteiger partial charge is 0.467 e. The van der Waals surface area contributed by atoms with Crippen LogP contribution in [-0.2, 0) is 24.3 Å². The molecule has 9 heteroatoms. The molecule has 1 aliphatic rings. The molecule has 1 saturated heterocycles. The third kappa shape index (κ3) is 4.43. The van der Waals surface area contributed by atoms with E-state index in [4.69, 9.17) is 5.11 Å². The molecule has 0 spiro atoms. The van der Waals surface area contributed by atoms with Gasteiger partial charge in [0, 0.05) is 19.0 Å². The Balaban J connectivity index is 2.53. The third-order valence-electron chi connectivity index (χ3n) is 3.28. The second-order valence-electron chi connectivity index (χ2n) is 4.70. The van der Waals surface area contributed by atoms with Crippen LogP contribution in [0.25, 0.3) is 0 Å². The van der Waals surface area contributed by atoms with Gasteiger partial charge in [-0.2, -0.15) is 0 Å². The molecule has 0 aromatic rings. The van der Waals surface area contributed by atoms with E-state index in [1.807, 2.05) is 0 Å². The van der Waals surface area contributed by atoms with Crippen molar-refractivity contribution in [1.29, 1.82) is 0 Å². The van der Waals surface area contributed by atoms with Crippen LogP contribution in [0.1, 0.15) is 12.8 Å². The van der Waals surface area contributed by atoms with Crippen molar-refractivity contribution in [3.8, 4) is 0 Å². The molecule has 2 N–H and O–H groups in total. The van der Waals surface area contributed by atoms with Gasteiger partial charge >= 0.3 is 5.97 Å². The highest BCUT2D eigenvalue weighted by Gasteiger charge is 2.31. The zero-order chi connectivity index (χ0) is 15.3. The van der Waals surface area contributed by atoms with Crippen LogP contribution < -0.4 is 5.32 Å². The van der Waals surface area contributed by atoms with Gasteiger partial charge in [0.25, 0.3) is 0 Å². The standard InChI is InChI=1S/C11H20N2O6S/c1-19-11(16)9(7-14)12-10(15)8-3-5-13(6-4-8)20(2,17)18/h8-9,14H,3-7H2,1-2H3,(H,12,15). The highest BCUT2D eigenvalue weighted by atomic mass is 32.2. The van der Waals surface area contributed by atoms with Gasteiger partial charge in [-0.3, -0.25) is 4.79 Å². The van der Waals surface area contributed by atoms with E-state index in [1.165, 1.54) is 11.4 Å². The Morgan fingerprint density at radius 1 is 1.40 bits per heavy atom. The first kappa shape index (κ1) is 16.9. The van der Waals surface area contributed by atoms with Crippen LogP contribution in [0.4, 0.5) is 0 Å². The summed E-state index contributed by atoms with van der Waals surface area (Å²) in [7, 11) is -2.06. The van der Waals surface area contributed by atoms with Gasteiger partial charge < -0.3 is 15.2 Å². The number of amides is 1. The van der Waals surface area contributed by atoms with Crippen LogP contribution in [-0.4, -0.2) is 68.8 Å². The summed E-state index contributed by atoms with van der Waals surface area (Å²) in [6.45, 7) is 0.0124. The van der Waals surface area contributed by atoms with Crippen LogP contribution in [0, 0.1) is 5.92 Å². The van der Waals surface area contributed by atoms with Crippen molar-refractivity contribution in [3.05, 3.63) is 0 Å². The lowest BCUT2D eigenvalue weighted by molar-refractivity contribution is -0.146. The molecule has 20 heavy (non-hydrogen) atoms. The van der Waals surface area contributed by atoms with Crippen LogP contribution in [0.15, 0.2) is 0 Å². The highest BCUT2D eigenvalue weighted by Crippen LogP contribution is 2.19. The van der Waals surface area contributed by atoms with Gasteiger partial charge in [0.2, 0.25) is 15.9 Å². The van der Waals surface area contributed by atoms with Crippen molar-refractivity contribution < 1.29 is 27.9 Å². The van der Waals surface area contributed by atoms with Crippen LogP contribution >= 0.6 is 0 Å². The Kier molecular flexibility index (Phi) is 5.90. The van der Waals surface area contributed by atoms with Crippen molar-refractivity contribution in [3.63, 3.8) is 0 Å². The molecule has 1 heterocycles. The first-order valence-corrected chi connectivity index (χ1v) is 8.08. The van der Waals surface area contributed by atoms with Crippen molar-refractivity contribution in [2.24, 2.45) is 5.92 Å². The van der Waals surface area contributed by atoms with E-state index in [-0.39, 0.29) is 24.9 Å². The Morgan fingerprint density at radius 3 is 2.35 bits per heavy atom. The molecule has 0 aromatic heterocycles. The molecule has 8 nitrogen and oxygen atoms in total. The number of ether oxygens (including phenoxy) is 1. The lowest BCUT2D eigenvalue weighted by Gasteiger charge is -2.30. The number of carbonyl (C=O) groups excluding carboxylic acids is 2. The number of aliphatic hydroxyl groups excluding tert-OH is 1. The number of sulfonamides is 1. The molecule has 1 amide bonds. The number of hydrogen-bond donors (Lipinski definition) is 2. The predicted molar refractivity (Wildman–Crippen MR) is 70.2 cm³/mol. The number of methoxy groups -OCH3 is 1. The molecule has 0 aromatic carbocycles. The van der Waals surface area contributed by atoms with Crippen molar-refractivity contribution >= 4 is 21.9 Å². The molecule has 116 valence electrons. The number of hydrogen-bond acceptors (Lipinski definition) is 6. The Hall–Kier alpha value is -1.19. The first-order valence-electron chi connectivity index (χ1n) is 6.23. The predicted octanol–water partition coefficient (Wildman–Crippen LogP) is -1.69. The Bertz CT molecular complexity index is 456. The number of nitrogens with zero attached hydrogens (tertiary/aromatic N) is 1. The quantitative estimate of drug-likeness (QED) is 0.586. The van der Waals surface area contributed by atoms with Gasteiger partial charge in [-0.05, 0) is 12.8 Å². The second-order valence-corrected chi connectivity index (χ2v) is 6.69. The second kappa shape index (κ2) is 7.00. The summed E-state index contributed by atoms with van der Waals surface area (Å²) in [6, 6.07) is -1.08. The molecule has 0 radical (unpaired) electrons. The van der Waals surface area contributed by atoms with E-state index in [9.17, 15) is 18.0 Å². The molecule has 1 aliphatic heterocycles. The summed E-state index contributed by atoms with van der Waals surface area (Å²) in [5, 5.41) is 11.4. The van der Waals surface area contributed by atoms with Crippen LogP contribution in [0.3, 0.4) is 0 Å². The topological polar surface area (TPSA) is 113 Å². The SMILES string of the molecule is COC(=O)C(CO)NC(=O)C1CCN(S(C)(=O)=O)CC1. The molecule has 1 rings (SSSR count). The number of nitrogens with one attached hydrogen (secondary N) is 1. The maximum atomic E-state index is 11.9. The summed E-state index contributed by atoms with van der Waals surface area (Å²) in [5.74, 6) is -1.45. The molecular formula is C11H20N2O6S. The molecule has 1 fully saturated rings. The summed E-state index contributed by atoms with van der Waals surface area (Å²) in [6.07, 6.45) is 1.91. The normalized spacial score (nSPS) is 19.4. The molecule has 1 unspecified atom stereocenters. The summed E-state index contributed by atoms with van der Waals surface area (Å²) in [4.78, 5) is 23.2. The van der Waals surface area contributed by atoms with Crippen molar-refractivity contribution in [2.45, 2.75) is 18.9 Å². The van der Waals surface area contributed by atoms with E-state index in [0.717, 1.165) is 6.26 Å². The smallest absolute Gasteiger partial charge is 0.330 e. The number of aliphatic hydroxyl groups is 1. The van der Waals surface area contributed by atoms with Crippen molar-refractivity contribution in [1.82, 2.24) is 9.62 Å². The van der Waals surface area contributed by atoms with E-state index >= 15 is 0 Å². The Labute approximate surface area is 118 Å². The molecule has 0 bridgehead atoms. The van der Waals surface area contributed by atoms with E-state index < -0.39 is 28.6 Å². The van der Waals surface area contributed by atoms with Crippen molar-refractivity contribution in [2.75, 3.05) is 33.1 Å². The summed E-state index contributed by atoms with van der Waals surface area (Å²) >= 11 is 0. The van der Waals surface area contributed by atoms with E-state index in [1.54, 1.807) is 0 Å². The molecule has 0 saturated carbocycles. The minimum atomic E-state index is -3.23. The number of esters is 1. The van der Waals surface area contributed by atoms with Crippen LogP contribution in [0.5, 0.6) is 0 Å². The van der Waals surface area contributed by atoms with Gasteiger partial charge in [0.15, 0.2) is 6.04 Å². The summed E-state index contributed by atoms with van der Waals surface area (Å²) in [5.41, 5.74) is 0. The molecule has 0 aliphatic carbocycles. The number of piperidine rings is 1. The lowest BCUT2D eigenvalue weighted by Crippen LogP contribution is -2.49. The van der Waals surface area contributed by atoms with Gasteiger partial charge in [-0.25, -0.2) is 17.5 Å². The fraction of sp³-hybridized carbons (Fsp3) is 0.818. The van der Waals surface area contributed by atoms with Crippen LogP contribution in [0.2, 0.25) is 0 Å². The number of carbonyl (C=O) groups is 2. The maximum Gasteiger partial charge on any atom is 0.330 e. The Morgan fingerprint density at radius 2 is 1.95 bits per heavy atom. The lowest BCUT2D eigenvalue weighted by atomic mass is 9.97. The minimum absolute atomic E-state index is 0.277. The van der Waals surface area contributed by atoms with Gasteiger partial charge in [-0.1, -0.05) is 0 Å². The number of rotatable bonds is 5. The zero-order valence-corrected chi connectivity index (χ0v) is 12.4. The van der Waals surface area contributed by atoms with Gasteiger partial charge in [0.05, 0.1) is 20.0 Å². The first-order chi connectivity index (χ1) is 9.29. The summed E-state index contributed by atoms with van der Waals surface area (Å²) < 4.78 is 28.5. The average Bonchev–Trinajstić information content (AvgIpc) is 2.42. The van der Waals surface area contributed by atoms with Gasteiger partial charge in [0.1, 0.15) is 0 Å². The monoisotopic (exact) mass is 308 g/mol. The average molecular weight is 308 g/mol. The molecular weight excluding hydrogens is 288 g/mol. The zero-order valence-electron chi connectivity index (χ0n) is 11.5. The third-order valence-corrected chi connectivity index (χ3v) is 4.58. The van der Waals surface area contributed by atoms with E-state index in [0.29, 0.717) is 12.8 Å². The van der Waals surface area contributed by atoms with Gasteiger partial charge in [-0.15, -0.1) is 0 Å². The fourth-order valence-electron chi connectivity index (χ4n) is 2.06. The fourth-order valence-corrected chi connectivity index (χ4v) is 2.93.